The second-order valence-corrected chi connectivity index (χ2v) is 6.80. The minimum absolute atomic E-state index is 0.0352. The van der Waals surface area contributed by atoms with E-state index in [1.807, 2.05) is 6.08 Å². The molecule has 0 amide bonds. The summed E-state index contributed by atoms with van der Waals surface area (Å²) in [5, 5.41) is 9.46. The van der Waals surface area contributed by atoms with Crippen LogP contribution in [0.2, 0.25) is 5.02 Å². The number of rotatable bonds is 5. The number of benzene rings is 1. The van der Waals surface area contributed by atoms with Crippen LogP contribution in [0.5, 0.6) is 0 Å². The summed E-state index contributed by atoms with van der Waals surface area (Å²) in [4.78, 5) is 0. The molecular formula is C13H16ClNO3S. The Morgan fingerprint density at radius 1 is 1.32 bits per heavy atom. The van der Waals surface area contributed by atoms with Gasteiger partial charge in [-0.2, -0.15) is 0 Å². The molecule has 0 radical (unpaired) electrons. The molecule has 2 atom stereocenters. The van der Waals surface area contributed by atoms with Crippen LogP contribution >= 0.6 is 11.6 Å². The molecule has 0 bridgehead atoms. The van der Waals surface area contributed by atoms with Gasteiger partial charge in [-0.15, -0.1) is 0 Å². The third kappa shape index (κ3) is 4.04. The third-order valence-corrected chi connectivity index (χ3v) is 4.76. The Hall–Kier alpha value is -0.880. The van der Waals surface area contributed by atoms with Gasteiger partial charge in [-0.1, -0.05) is 42.0 Å². The van der Waals surface area contributed by atoms with Crippen molar-refractivity contribution >= 4 is 21.6 Å². The highest BCUT2D eigenvalue weighted by molar-refractivity contribution is 7.88. The first kappa shape index (κ1) is 14.5. The van der Waals surface area contributed by atoms with E-state index in [2.05, 4.69) is 4.72 Å². The standard InChI is InChI=1S/C13H16ClNO3S/c14-13-4-2-1-3-11(13)9-19(17,18)15-12-6-5-10(7-12)8-16/h1-6,10,12,15-16H,7-9H2/t10-,12+/m0/s1. The first-order valence-electron chi connectivity index (χ1n) is 6.03. The smallest absolute Gasteiger partial charge is 0.216 e. The third-order valence-electron chi connectivity index (χ3n) is 3.04. The Morgan fingerprint density at radius 3 is 2.68 bits per heavy atom. The molecule has 104 valence electrons. The van der Waals surface area contributed by atoms with Gasteiger partial charge in [-0.3, -0.25) is 0 Å². The number of aliphatic hydroxyl groups excluding tert-OH is 1. The Kier molecular flexibility index (Phi) is 4.62. The molecule has 0 aromatic heterocycles. The van der Waals surface area contributed by atoms with Crippen LogP contribution in [0, 0.1) is 5.92 Å². The first-order valence-corrected chi connectivity index (χ1v) is 8.06. The van der Waals surface area contributed by atoms with Crippen molar-refractivity contribution in [2.45, 2.75) is 18.2 Å². The van der Waals surface area contributed by atoms with Gasteiger partial charge >= 0.3 is 0 Å². The first-order chi connectivity index (χ1) is 9.00. The predicted molar refractivity (Wildman–Crippen MR) is 75.3 cm³/mol. The van der Waals surface area contributed by atoms with E-state index < -0.39 is 10.0 Å². The number of hydrogen-bond acceptors (Lipinski definition) is 3. The van der Waals surface area contributed by atoms with Crippen molar-refractivity contribution in [3.05, 3.63) is 47.0 Å². The average Bonchev–Trinajstić information content (AvgIpc) is 2.78. The van der Waals surface area contributed by atoms with Gasteiger partial charge in [0, 0.05) is 23.6 Å². The summed E-state index contributed by atoms with van der Waals surface area (Å²) in [7, 11) is -3.44. The molecule has 19 heavy (non-hydrogen) atoms. The minimum Gasteiger partial charge on any atom is -0.396 e. The van der Waals surface area contributed by atoms with E-state index in [-0.39, 0.29) is 24.3 Å². The van der Waals surface area contributed by atoms with Gasteiger partial charge in [-0.25, -0.2) is 13.1 Å². The van der Waals surface area contributed by atoms with E-state index in [0.29, 0.717) is 17.0 Å². The fourth-order valence-corrected chi connectivity index (χ4v) is 3.75. The Morgan fingerprint density at radius 2 is 2.05 bits per heavy atom. The molecule has 0 fully saturated rings. The lowest BCUT2D eigenvalue weighted by molar-refractivity contribution is 0.248. The topological polar surface area (TPSA) is 66.4 Å². The van der Waals surface area contributed by atoms with Crippen LogP contribution in [0.15, 0.2) is 36.4 Å². The average molecular weight is 302 g/mol. The van der Waals surface area contributed by atoms with E-state index in [1.54, 1.807) is 30.3 Å². The molecule has 0 spiro atoms. The lowest BCUT2D eigenvalue weighted by atomic mass is 10.1. The highest BCUT2D eigenvalue weighted by Crippen LogP contribution is 2.20. The van der Waals surface area contributed by atoms with Crippen molar-refractivity contribution in [2.24, 2.45) is 5.92 Å². The molecule has 0 heterocycles. The van der Waals surface area contributed by atoms with Crippen LogP contribution in [0.4, 0.5) is 0 Å². The van der Waals surface area contributed by atoms with E-state index >= 15 is 0 Å². The number of hydrogen-bond donors (Lipinski definition) is 2. The molecule has 6 heteroatoms. The maximum atomic E-state index is 12.0. The molecule has 1 aliphatic rings. The second-order valence-electron chi connectivity index (χ2n) is 4.64. The van der Waals surface area contributed by atoms with Gasteiger partial charge in [0.1, 0.15) is 0 Å². The summed E-state index contributed by atoms with van der Waals surface area (Å²) in [5.41, 5.74) is 0.581. The van der Waals surface area contributed by atoms with Crippen LogP contribution in [-0.4, -0.2) is 26.2 Å². The predicted octanol–water partition coefficient (Wildman–Crippen LogP) is 1.70. The summed E-state index contributed by atoms with van der Waals surface area (Å²) in [6, 6.07) is 6.64. The van der Waals surface area contributed by atoms with Crippen LogP contribution in [0.3, 0.4) is 0 Å². The molecular weight excluding hydrogens is 286 g/mol. The van der Waals surface area contributed by atoms with Gasteiger partial charge in [-0.05, 0) is 18.1 Å². The number of nitrogens with one attached hydrogen (secondary N) is 1. The summed E-state index contributed by atoms with van der Waals surface area (Å²) in [6.07, 6.45) is 4.21. The summed E-state index contributed by atoms with van der Waals surface area (Å²) in [5.74, 6) is -0.103. The van der Waals surface area contributed by atoms with Gasteiger partial charge in [0.25, 0.3) is 0 Å². The quantitative estimate of drug-likeness (QED) is 0.814. The van der Waals surface area contributed by atoms with Crippen molar-refractivity contribution in [1.82, 2.24) is 4.72 Å². The van der Waals surface area contributed by atoms with E-state index in [0.717, 1.165) is 0 Å². The fraction of sp³-hybridized carbons (Fsp3) is 0.385. The van der Waals surface area contributed by atoms with Crippen molar-refractivity contribution in [2.75, 3.05) is 6.61 Å². The molecule has 1 aliphatic carbocycles. The molecule has 2 N–H and O–H groups in total. The lowest BCUT2D eigenvalue weighted by Crippen LogP contribution is -2.33. The Balaban J connectivity index is 2.00. The molecule has 0 aliphatic heterocycles. The maximum Gasteiger partial charge on any atom is 0.216 e. The molecule has 0 unspecified atom stereocenters. The zero-order valence-corrected chi connectivity index (χ0v) is 11.9. The van der Waals surface area contributed by atoms with Crippen molar-refractivity contribution < 1.29 is 13.5 Å². The van der Waals surface area contributed by atoms with E-state index in [9.17, 15) is 8.42 Å². The molecule has 1 aromatic carbocycles. The lowest BCUT2D eigenvalue weighted by Gasteiger charge is -2.13. The number of halogens is 1. The van der Waals surface area contributed by atoms with Crippen LogP contribution in [0.25, 0.3) is 0 Å². The van der Waals surface area contributed by atoms with E-state index in [4.69, 9.17) is 16.7 Å². The second kappa shape index (κ2) is 6.05. The Bertz CT molecular complexity index is 571. The summed E-state index contributed by atoms with van der Waals surface area (Å²) < 4.78 is 26.7. The molecule has 0 saturated heterocycles. The molecule has 4 nitrogen and oxygen atoms in total. The van der Waals surface area contributed by atoms with Gasteiger partial charge in [0.05, 0.1) is 5.75 Å². The number of sulfonamides is 1. The zero-order chi connectivity index (χ0) is 13.9. The number of aliphatic hydroxyl groups is 1. The summed E-state index contributed by atoms with van der Waals surface area (Å²) in [6.45, 7) is 0.0409. The van der Waals surface area contributed by atoms with Gasteiger partial charge < -0.3 is 5.11 Å². The minimum atomic E-state index is -3.44. The molecule has 2 rings (SSSR count). The molecule has 1 aromatic rings. The highest BCUT2D eigenvalue weighted by atomic mass is 35.5. The Labute approximate surface area is 118 Å². The SMILES string of the molecule is O=S(=O)(Cc1ccccc1Cl)N[C@@H]1C=C[C@H](CO)C1. The fourth-order valence-electron chi connectivity index (χ4n) is 2.09. The maximum absolute atomic E-state index is 12.0. The van der Waals surface area contributed by atoms with E-state index in [1.165, 1.54) is 0 Å². The van der Waals surface area contributed by atoms with Crippen LogP contribution in [0.1, 0.15) is 12.0 Å². The van der Waals surface area contributed by atoms with Crippen LogP contribution in [-0.2, 0) is 15.8 Å². The summed E-state index contributed by atoms with van der Waals surface area (Å²) >= 11 is 5.95. The largest absolute Gasteiger partial charge is 0.396 e. The van der Waals surface area contributed by atoms with Crippen molar-refractivity contribution in [1.29, 1.82) is 0 Å². The zero-order valence-electron chi connectivity index (χ0n) is 10.3. The van der Waals surface area contributed by atoms with Crippen molar-refractivity contribution in [3.63, 3.8) is 0 Å². The normalized spacial score (nSPS) is 22.8. The molecule has 0 saturated carbocycles. The monoisotopic (exact) mass is 301 g/mol. The van der Waals surface area contributed by atoms with Gasteiger partial charge in [0.15, 0.2) is 0 Å². The van der Waals surface area contributed by atoms with Gasteiger partial charge in [0.2, 0.25) is 10.0 Å². The van der Waals surface area contributed by atoms with Crippen molar-refractivity contribution in [3.8, 4) is 0 Å². The van der Waals surface area contributed by atoms with Crippen LogP contribution < -0.4 is 4.72 Å². The highest BCUT2D eigenvalue weighted by Gasteiger charge is 2.23.